The zero-order valence-corrected chi connectivity index (χ0v) is 17.0. The van der Waals surface area contributed by atoms with Gasteiger partial charge in [0.05, 0.1) is 6.10 Å². The van der Waals surface area contributed by atoms with Crippen molar-refractivity contribution in [3.8, 4) is 11.5 Å². The maximum absolute atomic E-state index is 13.1. The smallest absolute Gasteiger partial charge is 0.242 e. The first-order valence-corrected chi connectivity index (χ1v) is 11.4. The predicted octanol–water partition coefficient (Wildman–Crippen LogP) is 4.92. The highest BCUT2D eigenvalue weighted by Gasteiger charge is 2.32. The number of benzene rings is 2. The number of hydrogen-bond acceptors (Lipinski definition) is 5. The van der Waals surface area contributed by atoms with Crippen LogP contribution in [0.15, 0.2) is 36.4 Å². The molecule has 2 aliphatic heterocycles. The minimum absolute atomic E-state index is 0.0668. The number of ether oxygens (including phenoxy) is 2. The van der Waals surface area contributed by atoms with Crippen LogP contribution in [-0.4, -0.2) is 23.6 Å². The van der Waals surface area contributed by atoms with Crippen LogP contribution in [0.3, 0.4) is 0 Å². The molecule has 2 aromatic rings. The lowest BCUT2D eigenvalue weighted by Gasteiger charge is -2.30. The fraction of sp³-hybridized carbons (Fsp3) is 0.435. The third-order valence-corrected chi connectivity index (χ3v) is 7.44. The van der Waals surface area contributed by atoms with Crippen LogP contribution in [0.5, 0.6) is 11.5 Å². The Morgan fingerprint density at radius 2 is 1.83 bits per heavy atom. The lowest BCUT2D eigenvalue weighted by molar-refractivity contribution is -0.115. The van der Waals surface area contributed by atoms with E-state index in [9.17, 15) is 9.90 Å². The molecule has 0 radical (unpaired) electrons. The first-order valence-electron chi connectivity index (χ1n) is 10.3. The minimum Gasteiger partial charge on any atom is -0.454 e. The van der Waals surface area contributed by atoms with Gasteiger partial charge in [-0.05, 0) is 47.6 Å². The van der Waals surface area contributed by atoms with Crippen molar-refractivity contribution in [2.75, 3.05) is 17.9 Å². The van der Waals surface area contributed by atoms with Crippen LogP contribution >= 0.6 is 11.8 Å². The number of amides is 1. The van der Waals surface area contributed by atoms with Crippen LogP contribution in [0.1, 0.15) is 66.1 Å². The van der Waals surface area contributed by atoms with Crippen LogP contribution in [0.25, 0.3) is 0 Å². The fourth-order valence-electron chi connectivity index (χ4n) is 4.58. The summed E-state index contributed by atoms with van der Waals surface area (Å²) in [6.07, 6.45) is 5.76. The molecule has 3 aliphatic rings. The topological polar surface area (TPSA) is 67.8 Å². The van der Waals surface area contributed by atoms with Crippen molar-refractivity contribution >= 4 is 23.4 Å². The molecule has 2 N–H and O–H groups in total. The van der Waals surface area contributed by atoms with Gasteiger partial charge in [0.2, 0.25) is 12.7 Å². The van der Waals surface area contributed by atoms with E-state index in [0.717, 1.165) is 11.1 Å². The Labute approximate surface area is 174 Å². The Bertz CT molecular complexity index is 925. The largest absolute Gasteiger partial charge is 0.454 e. The van der Waals surface area contributed by atoms with E-state index >= 15 is 0 Å². The predicted molar refractivity (Wildman–Crippen MR) is 114 cm³/mol. The Kier molecular flexibility index (Phi) is 5.14. The Morgan fingerprint density at radius 3 is 2.69 bits per heavy atom. The van der Waals surface area contributed by atoms with Gasteiger partial charge in [0.25, 0.3) is 0 Å². The molecule has 5 rings (SSSR count). The van der Waals surface area contributed by atoms with Crippen LogP contribution in [0, 0.1) is 0 Å². The van der Waals surface area contributed by atoms with Gasteiger partial charge in [0, 0.05) is 17.5 Å². The summed E-state index contributed by atoms with van der Waals surface area (Å²) in [6.45, 7) is 0.209. The summed E-state index contributed by atoms with van der Waals surface area (Å²) in [5.74, 6) is 2.36. The average molecular weight is 412 g/mol. The number of aliphatic hydroxyl groups is 1. The molecule has 2 atom stereocenters. The second-order valence-electron chi connectivity index (χ2n) is 8.01. The van der Waals surface area contributed by atoms with Crippen LogP contribution in [0.2, 0.25) is 0 Å². The molecule has 2 heterocycles. The lowest BCUT2D eigenvalue weighted by atomic mass is 9.82. The average Bonchev–Trinajstić information content (AvgIpc) is 3.22. The lowest BCUT2D eigenvalue weighted by Crippen LogP contribution is -2.25. The summed E-state index contributed by atoms with van der Waals surface area (Å²) in [7, 11) is 0. The SMILES string of the molecule is O=C(Nc1ccc2c(c1)OCO2)[C@@H]1SC[C@H](O)c2ccc(C3CCCCC3)cc21. The highest BCUT2D eigenvalue weighted by atomic mass is 32.2. The minimum atomic E-state index is -0.523. The molecular weight excluding hydrogens is 386 g/mol. The van der Waals surface area contributed by atoms with Gasteiger partial charge in [0.1, 0.15) is 5.25 Å². The fourth-order valence-corrected chi connectivity index (χ4v) is 5.73. The van der Waals surface area contributed by atoms with E-state index in [2.05, 4.69) is 17.4 Å². The summed E-state index contributed by atoms with van der Waals surface area (Å²) in [4.78, 5) is 13.1. The zero-order valence-electron chi connectivity index (χ0n) is 16.2. The molecule has 0 unspecified atom stereocenters. The summed E-state index contributed by atoms with van der Waals surface area (Å²) in [6, 6.07) is 11.8. The van der Waals surface area contributed by atoms with Gasteiger partial charge in [-0.15, -0.1) is 11.8 Å². The van der Waals surface area contributed by atoms with Crippen molar-refractivity contribution in [2.24, 2.45) is 0 Å². The summed E-state index contributed by atoms with van der Waals surface area (Å²) in [5, 5.41) is 13.2. The number of aliphatic hydroxyl groups excluding tert-OH is 1. The van der Waals surface area contributed by atoms with Crippen molar-refractivity contribution in [1.29, 1.82) is 0 Å². The quantitative estimate of drug-likeness (QED) is 0.750. The first kappa shape index (κ1) is 18.8. The molecule has 152 valence electrons. The molecule has 1 aliphatic carbocycles. The Hall–Kier alpha value is -2.18. The van der Waals surface area contributed by atoms with Crippen LogP contribution in [-0.2, 0) is 4.79 Å². The van der Waals surface area contributed by atoms with Gasteiger partial charge in [-0.25, -0.2) is 0 Å². The van der Waals surface area contributed by atoms with E-state index in [-0.39, 0.29) is 18.0 Å². The van der Waals surface area contributed by atoms with Crippen molar-refractivity contribution < 1.29 is 19.4 Å². The molecule has 1 fully saturated rings. The van der Waals surface area contributed by atoms with Crippen LogP contribution < -0.4 is 14.8 Å². The number of anilines is 1. The molecule has 0 spiro atoms. The summed E-state index contributed by atoms with van der Waals surface area (Å²) < 4.78 is 10.7. The molecule has 1 amide bonds. The van der Waals surface area contributed by atoms with E-state index in [0.29, 0.717) is 28.9 Å². The van der Waals surface area contributed by atoms with Crippen molar-refractivity contribution in [2.45, 2.75) is 49.4 Å². The monoisotopic (exact) mass is 411 g/mol. The molecule has 2 aromatic carbocycles. The summed E-state index contributed by atoms with van der Waals surface area (Å²) in [5.41, 5.74) is 3.83. The molecular formula is C23H25NO4S. The third-order valence-electron chi connectivity index (χ3n) is 6.13. The van der Waals surface area contributed by atoms with E-state index in [1.165, 1.54) is 49.4 Å². The normalized spacial score (nSPS) is 23.5. The highest BCUT2D eigenvalue weighted by molar-refractivity contribution is 8.00. The summed E-state index contributed by atoms with van der Waals surface area (Å²) >= 11 is 1.50. The number of thioether (sulfide) groups is 1. The van der Waals surface area contributed by atoms with E-state index in [1.807, 2.05) is 18.2 Å². The maximum Gasteiger partial charge on any atom is 0.242 e. The number of nitrogens with one attached hydrogen (secondary N) is 1. The number of hydrogen-bond donors (Lipinski definition) is 2. The van der Waals surface area contributed by atoms with Crippen LogP contribution in [0.4, 0.5) is 5.69 Å². The van der Waals surface area contributed by atoms with E-state index in [1.54, 1.807) is 6.07 Å². The maximum atomic E-state index is 13.1. The number of carbonyl (C=O) groups is 1. The van der Waals surface area contributed by atoms with Gasteiger partial charge < -0.3 is 19.9 Å². The second kappa shape index (κ2) is 7.92. The molecule has 5 nitrogen and oxygen atoms in total. The molecule has 29 heavy (non-hydrogen) atoms. The second-order valence-corrected chi connectivity index (χ2v) is 9.15. The Morgan fingerprint density at radius 1 is 1.00 bits per heavy atom. The molecule has 0 saturated heterocycles. The van der Waals surface area contributed by atoms with Gasteiger partial charge in [-0.3, -0.25) is 4.79 Å². The van der Waals surface area contributed by atoms with Gasteiger partial charge >= 0.3 is 0 Å². The Balaban J connectivity index is 1.40. The van der Waals surface area contributed by atoms with E-state index < -0.39 is 6.10 Å². The molecule has 0 bridgehead atoms. The standard InChI is InChI=1S/C23H25NO4S/c25-19-12-29-22(23(26)24-16-7-9-20-21(11-16)28-13-27-20)18-10-15(6-8-17(18)19)14-4-2-1-3-5-14/h6-11,14,19,22,25H,1-5,12-13H2,(H,24,26)/t19-,22+/m0/s1. The highest BCUT2D eigenvalue weighted by Crippen LogP contribution is 2.44. The number of fused-ring (bicyclic) bond motifs is 2. The van der Waals surface area contributed by atoms with Gasteiger partial charge in [-0.1, -0.05) is 37.5 Å². The first-order chi connectivity index (χ1) is 14.2. The molecule has 1 saturated carbocycles. The van der Waals surface area contributed by atoms with Crippen molar-refractivity contribution in [3.05, 3.63) is 53.1 Å². The van der Waals surface area contributed by atoms with Crippen molar-refractivity contribution in [1.82, 2.24) is 0 Å². The molecule has 0 aromatic heterocycles. The molecule has 6 heteroatoms. The van der Waals surface area contributed by atoms with Gasteiger partial charge in [-0.2, -0.15) is 0 Å². The van der Waals surface area contributed by atoms with Crippen molar-refractivity contribution in [3.63, 3.8) is 0 Å². The van der Waals surface area contributed by atoms with Gasteiger partial charge in [0.15, 0.2) is 11.5 Å². The number of rotatable bonds is 3. The third kappa shape index (κ3) is 3.71. The van der Waals surface area contributed by atoms with E-state index in [4.69, 9.17) is 9.47 Å². The number of carbonyl (C=O) groups excluding carboxylic acids is 1. The zero-order chi connectivity index (χ0) is 19.8.